The zero-order valence-electron chi connectivity index (χ0n) is 10.8. The molecule has 19 heavy (non-hydrogen) atoms. The molecule has 0 saturated heterocycles. The molecule has 0 atom stereocenters. The zero-order valence-corrected chi connectivity index (χ0v) is 10.8. The number of aliphatic imine (C=N–C) groups is 1. The second kappa shape index (κ2) is 6.42. The lowest BCUT2D eigenvalue weighted by Crippen LogP contribution is -2.36. The second-order valence-corrected chi connectivity index (χ2v) is 4.03. The van der Waals surface area contributed by atoms with Gasteiger partial charge in [-0.1, -0.05) is 13.0 Å². The highest BCUT2D eigenvalue weighted by Gasteiger charge is 2.30. The van der Waals surface area contributed by atoms with Crippen LogP contribution in [0.4, 0.5) is 18.9 Å². The zero-order chi connectivity index (χ0) is 14.5. The van der Waals surface area contributed by atoms with Crippen molar-refractivity contribution in [1.82, 2.24) is 5.43 Å². The highest BCUT2D eigenvalue weighted by atomic mass is 19.4. The Morgan fingerprint density at radius 1 is 1.37 bits per heavy atom. The van der Waals surface area contributed by atoms with Crippen molar-refractivity contribution in [2.75, 3.05) is 11.9 Å². The largest absolute Gasteiger partial charge is 0.416 e. The van der Waals surface area contributed by atoms with Crippen molar-refractivity contribution in [3.05, 3.63) is 29.3 Å². The average molecular weight is 274 g/mol. The molecular formula is C12H17F3N4. The second-order valence-electron chi connectivity index (χ2n) is 4.03. The lowest BCUT2D eigenvalue weighted by Gasteiger charge is -2.14. The summed E-state index contributed by atoms with van der Waals surface area (Å²) in [6, 6.07) is 3.48. The number of nitrogens with two attached hydrogens (primary N) is 1. The predicted molar refractivity (Wildman–Crippen MR) is 69.7 cm³/mol. The van der Waals surface area contributed by atoms with Gasteiger partial charge in [-0.25, -0.2) is 5.84 Å². The van der Waals surface area contributed by atoms with E-state index in [9.17, 15) is 13.2 Å². The van der Waals surface area contributed by atoms with Crippen molar-refractivity contribution in [2.24, 2.45) is 10.8 Å². The molecule has 0 amide bonds. The van der Waals surface area contributed by atoms with Crippen molar-refractivity contribution < 1.29 is 13.2 Å². The summed E-state index contributed by atoms with van der Waals surface area (Å²) >= 11 is 0. The molecule has 106 valence electrons. The Morgan fingerprint density at radius 2 is 2.05 bits per heavy atom. The van der Waals surface area contributed by atoms with Gasteiger partial charge in [0.15, 0.2) is 0 Å². The van der Waals surface area contributed by atoms with Crippen LogP contribution in [0.15, 0.2) is 23.2 Å². The molecule has 0 aliphatic rings. The average Bonchev–Trinajstić information content (AvgIpc) is 2.35. The third-order valence-electron chi connectivity index (χ3n) is 2.45. The topological polar surface area (TPSA) is 62.4 Å². The molecule has 0 radical (unpaired) electrons. The summed E-state index contributed by atoms with van der Waals surface area (Å²) < 4.78 is 37.9. The molecule has 0 spiro atoms. The Balaban J connectivity index is 2.99. The van der Waals surface area contributed by atoms with Gasteiger partial charge in [-0.3, -0.25) is 10.4 Å². The molecule has 0 heterocycles. The molecule has 4 N–H and O–H groups in total. The molecule has 0 aliphatic carbocycles. The van der Waals surface area contributed by atoms with E-state index in [1.54, 1.807) is 6.92 Å². The molecule has 0 bridgehead atoms. The van der Waals surface area contributed by atoms with Gasteiger partial charge in [-0.05, 0) is 31.0 Å². The van der Waals surface area contributed by atoms with E-state index in [-0.39, 0.29) is 5.96 Å². The SMILES string of the molecule is CCCN=C(NN)Nc1cc(C(F)(F)F)ccc1C. The van der Waals surface area contributed by atoms with Gasteiger partial charge in [-0.15, -0.1) is 0 Å². The van der Waals surface area contributed by atoms with Crippen molar-refractivity contribution in [2.45, 2.75) is 26.4 Å². The molecule has 1 aromatic rings. The summed E-state index contributed by atoms with van der Waals surface area (Å²) in [4.78, 5) is 4.08. The third-order valence-corrected chi connectivity index (χ3v) is 2.45. The van der Waals surface area contributed by atoms with Gasteiger partial charge in [0.05, 0.1) is 5.56 Å². The summed E-state index contributed by atoms with van der Waals surface area (Å²) in [5, 5.41) is 2.76. The fourth-order valence-corrected chi connectivity index (χ4v) is 1.41. The number of hydrogen-bond acceptors (Lipinski definition) is 2. The van der Waals surface area contributed by atoms with E-state index in [4.69, 9.17) is 5.84 Å². The van der Waals surface area contributed by atoms with Gasteiger partial charge in [0.25, 0.3) is 0 Å². The van der Waals surface area contributed by atoms with Gasteiger partial charge in [0.1, 0.15) is 0 Å². The maximum absolute atomic E-state index is 12.6. The highest BCUT2D eigenvalue weighted by Crippen LogP contribution is 2.31. The van der Waals surface area contributed by atoms with Crippen LogP contribution in [0.1, 0.15) is 24.5 Å². The lowest BCUT2D eigenvalue weighted by molar-refractivity contribution is -0.137. The van der Waals surface area contributed by atoms with Gasteiger partial charge in [0.2, 0.25) is 5.96 Å². The number of benzene rings is 1. The first-order valence-electron chi connectivity index (χ1n) is 5.84. The van der Waals surface area contributed by atoms with Crippen LogP contribution in [-0.2, 0) is 6.18 Å². The number of guanidine groups is 1. The van der Waals surface area contributed by atoms with Crippen LogP contribution in [0.5, 0.6) is 0 Å². The number of anilines is 1. The standard InChI is InChI=1S/C12H17F3N4/c1-3-6-17-11(19-16)18-10-7-9(12(13,14)15)5-4-8(10)2/h4-5,7H,3,6,16H2,1-2H3,(H2,17,18,19). The van der Waals surface area contributed by atoms with E-state index in [1.165, 1.54) is 6.07 Å². The van der Waals surface area contributed by atoms with Gasteiger partial charge in [0, 0.05) is 12.2 Å². The maximum atomic E-state index is 12.6. The minimum atomic E-state index is -4.37. The molecule has 7 heteroatoms. The van der Waals surface area contributed by atoms with Crippen LogP contribution in [-0.4, -0.2) is 12.5 Å². The number of halogens is 3. The first-order valence-corrected chi connectivity index (χ1v) is 5.84. The van der Waals surface area contributed by atoms with E-state index in [1.807, 2.05) is 6.92 Å². The summed E-state index contributed by atoms with van der Waals surface area (Å²) in [6.45, 7) is 4.17. The van der Waals surface area contributed by atoms with Crippen LogP contribution < -0.4 is 16.6 Å². The predicted octanol–water partition coefficient (Wildman–Crippen LogP) is 2.66. The Bertz CT molecular complexity index is 455. The number of hydrogen-bond donors (Lipinski definition) is 3. The molecule has 0 saturated carbocycles. The lowest BCUT2D eigenvalue weighted by atomic mass is 10.1. The van der Waals surface area contributed by atoms with Crippen LogP contribution >= 0.6 is 0 Å². The number of nitrogens with zero attached hydrogens (tertiary/aromatic N) is 1. The quantitative estimate of drug-likeness (QED) is 0.344. The van der Waals surface area contributed by atoms with E-state index < -0.39 is 11.7 Å². The molecule has 0 fully saturated rings. The number of nitrogens with one attached hydrogen (secondary N) is 2. The van der Waals surface area contributed by atoms with Gasteiger partial charge in [-0.2, -0.15) is 13.2 Å². The number of alkyl halides is 3. The fourth-order valence-electron chi connectivity index (χ4n) is 1.41. The Hall–Kier alpha value is -1.76. The summed E-state index contributed by atoms with van der Waals surface area (Å²) in [5.41, 5.74) is 2.61. The van der Waals surface area contributed by atoms with Gasteiger partial charge >= 0.3 is 6.18 Å². The third kappa shape index (κ3) is 4.44. The van der Waals surface area contributed by atoms with Crippen LogP contribution in [0.3, 0.4) is 0 Å². The fraction of sp³-hybridized carbons (Fsp3) is 0.417. The molecule has 1 rings (SSSR count). The number of rotatable bonds is 3. The van der Waals surface area contributed by atoms with E-state index in [0.29, 0.717) is 17.8 Å². The smallest absolute Gasteiger partial charge is 0.325 e. The highest BCUT2D eigenvalue weighted by molar-refractivity contribution is 5.94. The van der Waals surface area contributed by atoms with Crippen molar-refractivity contribution in [3.8, 4) is 0 Å². The van der Waals surface area contributed by atoms with Crippen molar-refractivity contribution >= 4 is 11.6 Å². The van der Waals surface area contributed by atoms with E-state index in [2.05, 4.69) is 15.7 Å². The maximum Gasteiger partial charge on any atom is 0.416 e. The Morgan fingerprint density at radius 3 is 2.58 bits per heavy atom. The molecule has 0 unspecified atom stereocenters. The molecular weight excluding hydrogens is 257 g/mol. The first kappa shape index (κ1) is 15.3. The monoisotopic (exact) mass is 274 g/mol. The van der Waals surface area contributed by atoms with Crippen LogP contribution in [0, 0.1) is 6.92 Å². The van der Waals surface area contributed by atoms with E-state index in [0.717, 1.165) is 18.6 Å². The first-order chi connectivity index (χ1) is 8.88. The molecule has 1 aromatic carbocycles. The normalized spacial score (nSPS) is 12.4. The van der Waals surface area contributed by atoms with Crippen molar-refractivity contribution in [1.29, 1.82) is 0 Å². The molecule has 4 nitrogen and oxygen atoms in total. The van der Waals surface area contributed by atoms with Crippen molar-refractivity contribution in [3.63, 3.8) is 0 Å². The Kier molecular flexibility index (Phi) is 5.17. The number of aryl methyl sites for hydroxylation is 1. The number of hydrazine groups is 1. The van der Waals surface area contributed by atoms with E-state index >= 15 is 0 Å². The van der Waals surface area contributed by atoms with Gasteiger partial charge < -0.3 is 5.32 Å². The van der Waals surface area contributed by atoms with Crippen LogP contribution in [0.25, 0.3) is 0 Å². The summed E-state index contributed by atoms with van der Waals surface area (Å²) in [7, 11) is 0. The summed E-state index contributed by atoms with van der Waals surface area (Å²) in [6.07, 6.45) is -3.56. The minimum Gasteiger partial charge on any atom is -0.325 e. The Labute approximate surface area is 109 Å². The molecule has 0 aliphatic heterocycles. The summed E-state index contributed by atoms with van der Waals surface area (Å²) in [5.74, 6) is 5.51. The van der Waals surface area contributed by atoms with Crippen LogP contribution in [0.2, 0.25) is 0 Å². The molecule has 0 aromatic heterocycles. The minimum absolute atomic E-state index is 0.240.